The fourth-order valence-electron chi connectivity index (χ4n) is 12.0. The van der Waals surface area contributed by atoms with E-state index in [0.717, 1.165) is 65.1 Å². The number of aromatic nitrogens is 4. The predicted molar refractivity (Wildman–Crippen MR) is 258 cm³/mol. The smallest absolute Gasteiger partial charge is 0.407 e. The molecule has 3 aromatic heterocycles. The fourth-order valence-corrected chi connectivity index (χ4v) is 12.0. The number of aromatic amines is 1. The number of amides is 4. The van der Waals surface area contributed by atoms with Crippen molar-refractivity contribution >= 4 is 35.2 Å². The molecule has 4 aromatic rings. The molecule has 4 unspecified atom stereocenters. The summed E-state index contributed by atoms with van der Waals surface area (Å²) >= 11 is 0. The molecule has 4 amide bonds. The Hall–Kier alpha value is -6.14. The lowest BCUT2D eigenvalue weighted by molar-refractivity contribution is -0.141. The first kappa shape index (κ1) is 47.9. The van der Waals surface area contributed by atoms with Crippen molar-refractivity contribution in [3.63, 3.8) is 0 Å². The van der Waals surface area contributed by atoms with Gasteiger partial charge in [0.05, 0.1) is 85.7 Å². The predicted octanol–water partition coefficient (Wildman–Crippen LogP) is 6.50. The maximum Gasteiger partial charge on any atom is 0.407 e. The molecule has 4 saturated heterocycles. The first-order valence-corrected chi connectivity index (χ1v) is 24.7. The second kappa shape index (κ2) is 20.1. The van der Waals surface area contributed by atoms with Gasteiger partial charge in [-0.25, -0.2) is 14.6 Å². The van der Waals surface area contributed by atoms with Crippen LogP contribution in [0.5, 0.6) is 0 Å². The standard InChI is InChI=1S/C51H68N10O8/c1-27-11-17-40(60(27)48(62)43(57-50(64)66-7)35-20-29(3)68-30(4)21-35)46-53-24-37(55-46)33-13-15-34(16-14-33)42-26-52-45(39-10-9-19-59(39)42)38-25-54-47(56-38)41-18-12-28(2)61(41)49(63)44(58-51(65)67-8)36-22-31(5)69-32(6)23-36/h9-10,13-16,19,24-32,35-36,40-41,43-44,46,53,55H,11-12,17-18,20-23H2,1-8H3,(H,54,56)(H,57,64)(H,58,65)/t27-,28-,29-,30+,31-,32+,35?,36?,40-,41-,43?,44-,46?/m0/s1. The number of methoxy groups -OCH3 is 2. The summed E-state index contributed by atoms with van der Waals surface area (Å²) in [7, 11) is 2.63. The lowest BCUT2D eigenvalue weighted by Crippen LogP contribution is -2.60. The van der Waals surface area contributed by atoms with Gasteiger partial charge in [0.2, 0.25) is 11.8 Å². The first-order chi connectivity index (χ1) is 33.2. The van der Waals surface area contributed by atoms with Gasteiger partial charge in [-0.15, -0.1) is 0 Å². The zero-order chi connectivity index (χ0) is 48.7. The maximum atomic E-state index is 14.5. The van der Waals surface area contributed by atoms with Crippen LogP contribution in [0.1, 0.15) is 110 Å². The van der Waals surface area contributed by atoms with Crippen LogP contribution >= 0.6 is 0 Å². The molecule has 0 spiro atoms. The number of alkyl carbamates (subject to hydrolysis) is 2. The Kier molecular flexibility index (Phi) is 13.9. The number of fused-ring (bicyclic) bond motifs is 1. The van der Waals surface area contributed by atoms with Gasteiger partial charge in [0.25, 0.3) is 0 Å². The van der Waals surface area contributed by atoms with Crippen molar-refractivity contribution in [3.8, 4) is 22.6 Å². The molecular weight excluding hydrogens is 881 g/mol. The van der Waals surface area contributed by atoms with E-state index in [9.17, 15) is 19.2 Å². The summed E-state index contributed by atoms with van der Waals surface area (Å²) in [5.74, 6) is 0.248. The van der Waals surface area contributed by atoms with E-state index in [4.69, 9.17) is 28.9 Å². The summed E-state index contributed by atoms with van der Waals surface area (Å²) in [6.07, 6.45) is 11.9. The highest BCUT2D eigenvalue weighted by molar-refractivity contribution is 5.88. The molecule has 69 heavy (non-hydrogen) atoms. The van der Waals surface area contributed by atoms with Gasteiger partial charge in [0.15, 0.2) is 0 Å². The van der Waals surface area contributed by atoms with Crippen LogP contribution in [0.15, 0.2) is 61.2 Å². The molecule has 0 bridgehead atoms. The molecule has 5 N–H and O–H groups in total. The maximum absolute atomic E-state index is 14.5. The minimum absolute atomic E-state index is 0.00380. The highest BCUT2D eigenvalue weighted by atomic mass is 16.5. The molecule has 8 heterocycles. The molecule has 370 valence electrons. The summed E-state index contributed by atoms with van der Waals surface area (Å²) in [4.78, 5) is 71.4. The average molecular weight is 949 g/mol. The molecule has 0 saturated carbocycles. The summed E-state index contributed by atoms with van der Waals surface area (Å²) in [6, 6.07) is 10.4. The number of carbonyl (C=O) groups excluding carboxylic acids is 4. The number of benzene rings is 1. The van der Waals surface area contributed by atoms with Crippen molar-refractivity contribution in [1.29, 1.82) is 0 Å². The largest absolute Gasteiger partial charge is 0.453 e. The van der Waals surface area contributed by atoms with Crippen molar-refractivity contribution in [2.75, 3.05) is 14.2 Å². The molecular formula is C51H68N10O8. The lowest BCUT2D eigenvalue weighted by atomic mass is 9.85. The zero-order valence-electron chi connectivity index (χ0n) is 40.9. The van der Waals surface area contributed by atoms with Crippen LogP contribution in [0, 0.1) is 11.8 Å². The van der Waals surface area contributed by atoms with Gasteiger partial charge in [-0.3, -0.25) is 14.6 Å². The van der Waals surface area contributed by atoms with E-state index in [0.29, 0.717) is 31.5 Å². The van der Waals surface area contributed by atoms with Crippen LogP contribution in [0.2, 0.25) is 0 Å². The van der Waals surface area contributed by atoms with Crippen LogP contribution in [0.4, 0.5) is 9.59 Å². The topological polar surface area (TPSA) is 206 Å². The lowest BCUT2D eigenvalue weighted by Gasteiger charge is -2.40. The molecule has 13 atom stereocenters. The molecule has 1 aromatic carbocycles. The van der Waals surface area contributed by atoms with Gasteiger partial charge in [-0.1, -0.05) is 24.3 Å². The highest BCUT2D eigenvalue weighted by Crippen LogP contribution is 2.39. The van der Waals surface area contributed by atoms with E-state index in [-0.39, 0.29) is 78.4 Å². The molecule has 18 nitrogen and oxygen atoms in total. The number of nitrogens with one attached hydrogen (secondary N) is 5. The molecule has 18 heteroatoms. The minimum Gasteiger partial charge on any atom is -0.453 e. The minimum atomic E-state index is -0.760. The van der Waals surface area contributed by atoms with Crippen LogP contribution in [0.25, 0.3) is 33.9 Å². The second-order valence-corrected chi connectivity index (χ2v) is 20.0. The van der Waals surface area contributed by atoms with Gasteiger partial charge in [-0.05, 0) is 122 Å². The van der Waals surface area contributed by atoms with E-state index in [1.807, 2.05) is 75.1 Å². The second-order valence-electron chi connectivity index (χ2n) is 20.0. The van der Waals surface area contributed by atoms with Crippen LogP contribution in [0.3, 0.4) is 0 Å². The average Bonchev–Trinajstić information content (AvgIpc) is 4.20. The molecule has 5 aliphatic rings. The number of H-pyrrole nitrogens is 1. The SMILES string of the molecule is COC(=O)NC(C(=O)N1[C@@H](C)CC[C@H]1C1NC=C(c2ccc(-c3cnc(-c4cnc([C@@H]5CC[C@H](C)N5C(=O)[C@@H](NC(=O)OC)C5C[C@@H](C)O[C@@H](C)C5)[nH]4)c4cccn34)cc2)N1)C1C[C@@H](C)O[C@@H](C)C1. The molecule has 5 aliphatic heterocycles. The third-order valence-corrected chi connectivity index (χ3v) is 15.1. The quantitative estimate of drug-likeness (QED) is 0.109. The van der Waals surface area contributed by atoms with Gasteiger partial charge >= 0.3 is 12.2 Å². The van der Waals surface area contributed by atoms with Gasteiger partial charge in [0.1, 0.15) is 29.8 Å². The van der Waals surface area contributed by atoms with Crippen molar-refractivity contribution in [3.05, 3.63) is 72.6 Å². The number of rotatable bonds is 11. The Morgan fingerprint density at radius 3 is 1.88 bits per heavy atom. The Labute approximate surface area is 403 Å². The number of hydrogen-bond acceptors (Lipinski definition) is 12. The number of imidazole rings is 1. The molecule has 0 radical (unpaired) electrons. The van der Waals surface area contributed by atoms with E-state index in [2.05, 4.69) is 61.8 Å². The van der Waals surface area contributed by atoms with E-state index >= 15 is 0 Å². The Balaban J connectivity index is 0.889. The number of likely N-dealkylation sites (tertiary alicyclic amines) is 2. The summed E-state index contributed by atoms with van der Waals surface area (Å²) in [5, 5.41) is 13.0. The van der Waals surface area contributed by atoms with E-state index in [1.54, 1.807) is 6.20 Å². The van der Waals surface area contributed by atoms with Crippen molar-refractivity contribution in [1.82, 2.24) is 50.4 Å². The van der Waals surface area contributed by atoms with Crippen molar-refractivity contribution < 1.29 is 38.1 Å². The Morgan fingerprint density at radius 2 is 1.28 bits per heavy atom. The molecule has 4 fully saturated rings. The van der Waals surface area contributed by atoms with E-state index < -0.39 is 24.3 Å². The number of hydrogen-bond donors (Lipinski definition) is 5. The number of nitrogens with zero attached hydrogens (tertiary/aromatic N) is 5. The van der Waals surface area contributed by atoms with Crippen molar-refractivity contribution in [2.45, 2.75) is 160 Å². The zero-order valence-corrected chi connectivity index (χ0v) is 40.9. The Morgan fingerprint density at radius 1 is 0.710 bits per heavy atom. The Bertz CT molecular complexity index is 2520. The van der Waals surface area contributed by atoms with Gasteiger partial charge in [-0.2, -0.15) is 0 Å². The number of ether oxygens (including phenoxy) is 4. The number of carbonyl (C=O) groups is 4. The molecule has 0 aliphatic carbocycles. The third-order valence-electron chi connectivity index (χ3n) is 15.1. The van der Waals surface area contributed by atoms with Crippen molar-refractivity contribution in [2.24, 2.45) is 11.8 Å². The summed E-state index contributed by atoms with van der Waals surface area (Å²) in [6.45, 7) is 12.2. The van der Waals surface area contributed by atoms with Crippen LogP contribution in [-0.4, -0.2) is 128 Å². The van der Waals surface area contributed by atoms with E-state index in [1.165, 1.54) is 14.2 Å². The normalized spacial score (nSPS) is 30.0. The highest BCUT2D eigenvalue weighted by Gasteiger charge is 2.47. The van der Waals surface area contributed by atoms with Gasteiger partial charge in [0, 0.05) is 30.0 Å². The van der Waals surface area contributed by atoms with Crippen LogP contribution < -0.4 is 21.3 Å². The third kappa shape index (κ3) is 9.74. The molecule has 9 rings (SSSR count). The summed E-state index contributed by atoms with van der Waals surface area (Å²) < 4.78 is 24.0. The monoisotopic (exact) mass is 949 g/mol. The first-order valence-electron chi connectivity index (χ1n) is 24.7. The van der Waals surface area contributed by atoms with Crippen LogP contribution in [-0.2, 0) is 28.5 Å². The summed E-state index contributed by atoms with van der Waals surface area (Å²) in [5.41, 5.74) is 6.16. The fraction of sp³-hybridized carbons (Fsp3) is 0.569. The van der Waals surface area contributed by atoms with Gasteiger partial charge < -0.3 is 59.4 Å².